The Balaban J connectivity index is 1.87. The molecule has 0 N–H and O–H groups in total. The van der Waals surface area contributed by atoms with Crippen molar-refractivity contribution in [2.24, 2.45) is 5.92 Å². The van der Waals surface area contributed by atoms with Crippen molar-refractivity contribution in [1.82, 2.24) is 0 Å². The third-order valence-electron chi connectivity index (χ3n) is 5.80. The summed E-state index contributed by atoms with van der Waals surface area (Å²) in [7, 11) is 0. The van der Waals surface area contributed by atoms with E-state index in [-0.39, 0.29) is 5.41 Å². The molecule has 1 nitrogen and oxygen atoms in total. The minimum absolute atomic E-state index is 0.146. The second-order valence-electron chi connectivity index (χ2n) is 7.14. The fraction of sp³-hybridized carbons (Fsp3) is 0.526. The van der Waals surface area contributed by atoms with Gasteiger partial charge in [-0.1, -0.05) is 43.7 Å². The highest BCUT2D eigenvalue weighted by atomic mass is 16.1. The molecule has 0 radical (unpaired) electrons. The molecule has 3 aliphatic carbocycles. The zero-order chi connectivity index (χ0) is 13.9. The molecular formula is C19H22O. The predicted molar refractivity (Wildman–Crippen MR) is 81.0 cm³/mol. The maximum atomic E-state index is 12.8. The molecule has 1 fully saturated rings. The largest absolute Gasteiger partial charge is 0.299 e. The predicted octanol–water partition coefficient (Wildman–Crippen LogP) is 4.30. The average molecular weight is 266 g/mol. The topological polar surface area (TPSA) is 17.1 Å². The van der Waals surface area contributed by atoms with Crippen molar-refractivity contribution < 1.29 is 4.79 Å². The maximum absolute atomic E-state index is 12.8. The summed E-state index contributed by atoms with van der Waals surface area (Å²) in [6, 6.07) is 6.90. The first-order valence-corrected chi connectivity index (χ1v) is 7.96. The Morgan fingerprint density at radius 3 is 2.75 bits per heavy atom. The van der Waals surface area contributed by atoms with E-state index in [1.54, 1.807) is 0 Å². The Bertz CT molecular complexity index is 623. The minimum atomic E-state index is -0.146. The van der Waals surface area contributed by atoms with Gasteiger partial charge in [0.25, 0.3) is 0 Å². The summed E-state index contributed by atoms with van der Waals surface area (Å²) in [4.78, 5) is 12.8. The highest BCUT2D eigenvalue weighted by Crippen LogP contribution is 2.57. The minimum Gasteiger partial charge on any atom is -0.299 e. The molecule has 1 aromatic carbocycles. The van der Waals surface area contributed by atoms with Gasteiger partial charge in [-0.05, 0) is 54.2 Å². The van der Waals surface area contributed by atoms with E-state index in [0.29, 0.717) is 17.6 Å². The number of aryl methyl sites for hydroxylation is 1. The van der Waals surface area contributed by atoms with Crippen molar-refractivity contribution in [2.45, 2.75) is 57.3 Å². The number of allylic oxidation sites excluding steroid dienone is 2. The normalized spacial score (nSPS) is 31.1. The van der Waals surface area contributed by atoms with Gasteiger partial charge in [0, 0.05) is 6.42 Å². The van der Waals surface area contributed by atoms with Crippen LogP contribution in [-0.4, -0.2) is 5.78 Å². The summed E-state index contributed by atoms with van der Waals surface area (Å²) >= 11 is 0. The molecule has 0 heterocycles. The molecule has 0 aromatic heterocycles. The highest BCUT2D eigenvalue weighted by molar-refractivity contribution is 5.94. The van der Waals surface area contributed by atoms with Crippen molar-refractivity contribution in [3.05, 3.63) is 46.5 Å². The van der Waals surface area contributed by atoms with Crippen LogP contribution in [0.3, 0.4) is 0 Å². The number of carbonyl (C=O) groups is 1. The second-order valence-corrected chi connectivity index (χ2v) is 7.14. The van der Waals surface area contributed by atoms with E-state index in [4.69, 9.17) is 0 Å². The van der Waals surface area contributed by atoms with Gasteiger partial charge in [-0.2, -0.15) is 0 Å². The first-order chi connectivity index (χ1) is 9.61. The summed E-state index contributed by atoms with van der Waals surface area (Å²) < 4.78 is 0. The summed E-state index contributed by atoms with van der Waals surface area (Å²) in [5.74, 6) is 1.63. The van der Waals surface area contributed by atoms with E-state index in [9.17, 15) is 4.79 Å². The first-order valence-electron chi connectivity index (χ1n) is 7.96. The van der Waals surface area contributed by atoms with E-state index in [0.717, 1.165) is 32.1 Å². The number of Topliss-reactive ketones (excluding diaryl/α,β-unsaturated/α-hetero) is 1. The van der Waals surface area contributed by atoms with Crippen LogP contribution in [0.25, 0.3) is 0 Å². The van der Waals surface area contributed by atoms with Gasteiger partial charge >= 0.3 is 0 Å². The molecule has 1 heteroatoms. The van der Waals surface area contributed by atoms with Crippen molar-refractivity contribution >= 4 is 5.78 Å². The lowest BCUT2D eigenvalue weighted by atomic mass is 9.61. The molecule has 0 aliphatic heterocycles. The Morgan fingerprint density at radius 2 is 2.10 bits per heavy atom. The van der Waals surface area contributed by atoms with E-state index in [1.807, 2.05) is 0 Å². The Labute approximate surface area is 121 Å². The summed E-state index contributed by atoms with van der Waals surface area (Å²) in [5, 5.41) is 0. The van der Waals surface area contributed by atoms with Crippen LogP contribution in [-0.2, 0) is 16.6 Å². The van der Waals surface area contributed by atoms with Gasteiger partial charge in [0.1, 0.15) is 5.78 Å². The lowest BCUT2D eigenvalue weighted by Crippen LogP contribution is -2.43. The molecule has 1 saturated carbocycles. The quantitative estimate of drug-likeness (QED) is 0.692. The lowest BCUT2D eigenvalue weighted by Gasteiger charge is -2.40. The molecular weight excluding hydrogens is 244 g/mol. The van der Waals surface area contributed by atoms with Gasteiger partial charge in [0.2, 0.25) is 0 Å². The lowest BCUT2D eigenvalue weighted by molar-refractivity contribution is -0.126. The van der Waals surface area contributed by atoms with Crippen LogP contribution >= 0.6 is 0 Å². The maximum Gasteiger partial charge on any atom is 0.144 e. The molecule has 0 amide bonds. The van der Waals surface area contributed by atoms with E-state index < -0.39 is 0 Å². The third kappa shape index (κ3) is 1.47. The molecule has 1 aromatic rings. The second kappa shape index (κ2) is 4.07. The van der Waals surface area contributed by atoms with Crippen LogP contribution < -0.4 is 0 Å². The fourth-order valence-electron chi connectivity index (χ4n) is 4.69. The van der Waals surface area contributed by atoms with Gasteiger partial charge < -0.3 is 0 Å². The summed E-state index contributed by atoms with van der Waals surface area (Å²) in [6.45, 7) is 4.49. The molecule has 1 spiro atoms. The van der Waals surface area contributed by atoms with E-state index in [2.05, 4.69) is 38.1 Å². The molecule has 0 saturated heterocycles. The van der Waals surface area contributed by atoms with Crippen LogP contribution in [0.4, 0.5) is 0 Å². The zero-order valence-corrected chi connectivity index (χ0v) is 12.4. The highest BCUT2D eigenvalue weighted by Gasteiger charge is 2.54. The Morgan fingerprint density at radius 1 is 1.25 bits per heavy atom. The number of ketones is 1. The molecule has 2 bridgehead atoms. The molecule has 104 valence electrons. The molecule has 2 unspecified atom stereocenters. The van der Waals surface area contributed by atoms with Gasteiger partial charge in [-0.15, -0.1) is 0 Å². The fourth-order valence-corrected chi connectivity index (χ4v) is 4.69. The molecule has 4 rings (SSSR count). The summed E-state index contributed by atoms with van der Waals surface area (Å²) in [5.41, 5.74) is 5.61. The molecule has 20 heavy (non-hydrogen) atoms. The zero-order valence-electron chi connectivity index (χ0n) is 12.4. The van der Waals surface area contributed by atoms with Crippen LogP contribution in [0, 0.1) is 5.92 Å². The number of benzene rings is 1. The van der Waals surface area contributed by atoms with Gasteiger partial charge in [0.15, 0.2) is 0 Å². The number of hydrogen-bond acceptors (Lipinski definition) is 1. The van der Waals surface area contributed by atoms with Crippen molar-refractivity contribution in [3.63, 3.8) is 0 Å². The SMILES string of the molecule is CC(C)c1ccc2c(c1)CCC(=O)C21CC2=CCC1C2. The smallest absolute Gasteiger partial charge is 0.144 e. The standard InChI is InChI=1S/C19H22O/c1-12(2)14-4-7-17-15(10-14)5-8-18(20)19(17)11-13-3-6-16(19)9-13/h3-4,7,10,12,16H,5-6,8-9,11H2,1-2H3. The van der Waals surface area contributed by atoms with Crippen molar-refractivity contribution in [3.8, 4) is 0 Å². The number of carbonyl (C=O) groups excluding carboxylic acids is 1. The van der Waals surface area contributed by atoms with Gasteiger partial charge in [0.05, 0.1) is 5.41 Å². The monoisotopic (exact) mass is 266 g/mol. The van der Waals surface area contributed by atoms with E-state index in [1.165, 1.54) is 22.3 Å². The average Bonchev–Trinajstić information content (AvgIpc) is 3.04. The molecule has 2 atom stereocenters. The van der Waals surface area contributed by atoms with Crippen LogP contribution in [0.5, 0.6) is 0 Å². The third-order valence-corrected chi connectivity index (χ3v) is 5.80. The van der Waals surface area contributed by atoms with Gasteiger partial charge in [-0.3, -0.25) is 4.79 Å². The van der Waals surface area contributed by atoms with Crippen LogP contribution in [0.2, 0.25) is 0 Å². The van der Waals surface area contributed by atoms with Gasteiger partial charge in [-0.25, -0.2) is 0 Å². The van der Waals surface area contributed by atoms with Crippen molar-refractivity contribution in [2.75, 3.05) is 0 Å². The number of hydrogen-bond donors (Lipinski definition) is 0. The molecule has 3 aliphatic rings. The van der Waals surface area contributed by atoms with Crippen molar-refractivity contribution in [1.29, 1.82) is 0 Å². The number of rotatable bonds is 1. The Hall–Kier alpha value is -1.37. The van der Waals surface area contributed by atoms with Crippen LogP contribution in [0.1, 0.15) is 62.1 Å². The van der Waals surface area contributed by atoms with E-state index >= 15 is 0 Å². The Kier molecular flexibility index (Phi) is 2.52. The summed E-state index contributed by atoms with van der Waals surface area (Å²) in [6.07, 6.45) is 7.36. The number of fused-ring (bicyclic) bond motifs is 5. The van der Waals surface area contributed by atoms with Crippen LogP contribution in [0.15, 0.2) is 29.8 Å². The first kappa shape index (κ1) is 12.4.